The zero-order valence-corrected chi connectivity index (χ0v) is 18.0. The van der Waals surface area contributed by atoms with Crippen LogP contribution < -0.4 is 9.47 Å². The molecule has 7 heteroatoms. The number of hydrogen-bond donors (Lipinski definition) is 0. The van der Waals surface area contributed by atoms with E-state index in [2.05, 4.69) is 41.3 Å². The predicted octanol–water partition coefficient (Wildman–Crippen LogP) is 5.21. The molecular weight excluding hydrogens is 382 g/mol. The quantitative estimate of drug-likeness (QED) is 0.357. The molecule has 0 aliphatic rings. The van der Waals surface area contributed by atoms with Gasteiger partial charge in [0.15, 0.2) is 18.1 Å². The van der Waals surface area contributed by atoms with Crippen molar-refractivity contribution < 1.29 is 18.8 Å². The van der Waals surface area contributed by atoms with E-state index in [1.165, 1.54) is 5.56 Å². The lowest BCUT2D eigenvalue weighted by molar-refractivity contribution is 0.107. The van der Waals surface area contributed by atoms with Crippen molar-refractivity contribution in [1.29, 1.82) is 0 Å². The van der Waals surface area contributed by atoms with E-state index in [1.807, 2.05) is 44.2 Å². The predicted molar refractivity (Wildman–Crippen MR) is 115 cm³/mol. The molecule has 7 nitrogen and oxygen atoms in total. The van der Waals surface area contributed by atoms with Crippen LogP contribution in [0.1, 0.15) is 50.6 Å². The van der Waals surface area contributed by atoms with Crippen LogP contribution in [0.4, 0.5) is 0 Å². The number of benzene rings is 2. The van der Waals surface area contributed by atoms with Crippen molar-refractivity contribution in [3.8, 4) is 22.9 Å². The van der Waals surface area contributed by atoms with E-state index in [0.717, 1.165) is 11.1 Å². The Balaban J connectivity index is 1.57. The van der Waals surface area contributed by atoms with Crippen LogP contribution in [-0.2, 0) is 11.4 Å². The maximum Gasteiger partial charge on any atom is 0.267 e. The van der Waals surface area contributed by atoms with Crippen LogP contribution in [-0.4, -0.2) is 29.6 Å². The van der Waals surface area contributed by atoms with Gasteiger partial charge in [0.2, 0.25) is 5.82 Å². The lowest BCUT2D eigenvalue weighted by Crippen LogP contribution is -2.06. The number of methoxy groups -OCH3 is 1. The van der Waals surface area contributed by atoms with Crippen LogP contribution >= 0.6 is 0 Å². The lowest BCUT2D eigenvalue weighted by atomic mass is 10.0. The first kappa shape index (κ1) is 21.4. The SMILES string of the molecule is COc1cc(/C=N\OCc2nc(-c3ccc(C(C)C)cc3)no2)ccc1OC(C)C. The monoisotopic (exact) mass is 409 g/mol. The Morgan fingerprint density at radius 1 is 1.03 bits per heavy atom. The molecule has 0 N–H and O–H groups in total. The zero-order valence-electron chi connectivity index (χ0n) is 18.0. The molecule has 0 fully saturated rings. The molecule has 30 heavy (non-hydrogen) atoms. The molecule has 1 aromatic heterocycles. The second-order valence-electron chi connectivity index (χ2n) is 7.37. The summed E-state index contributed by atoms with van der Waals surface area (Å²) in [6, 6.07) is 13.7. The summed E-state index contributed by atoms with van der Waals surface area (Å²) in [7, 11) is 1.60. The molecule has 0 aliphatic carbocycles. The highest BCUT2D eigenvalue weighted by Crippen LogP contribution is 2.28. The van der Waals surface area contributed by atoms with Gasteiger partial charge in [0, 0.05) is 11.1 Å². The summed E-state index contributed by atoms with van der Waals surface area (Å²) in [5.74, 6) is 2.68. The molecule has 0 saturated carbocycles. The number of hydrogen-bond acceptors (Lipinski definition) is 7. The molecule has 2 aromatic carbocycles. The summed E-state index contributed by atoms with van der Waals surface area (Å²) in [5, 5.41) is 7.97. The zero-order chi connectivity index (χ0) is 21.5. The number of nitrogens with zero attached hydrogens (tertiary/aromatic N) is 3. The van der Waals surface area contributed by atoms with Crippen LogP contribution in [0.3, 0.4) is 0 Å². The minimum atomic E-state index is 0.0641. The molecular formula is C23H27N3O4. The van der Waals surface area contributed by atoms with E-state index >= 15 is 0 Å². The molecule has 0 spiro atoms. The molecule has 0 atom stereocenters. The standard InChI is InChI=1S/C23H27N3O4/c1-15(2)18-7-9-19(10-8-18)23-25-22(30-26-23)14-28-24-13-17-6-11-20(29-16(3)4)21(12-17)27-5/h6-13,15-16H,14H2,1-5H3/b24-13-. The molecule has 1 heterocycles. The summed E-state index contributed by atoms with van der Waals surface area (Å²) in [6.07, 6.45) is 1.65. The molecule has 0 amide bonds. The molecule has 0 radical (unpaired) electrons. The fraction of sp³-hybridized carbons (Fsp3) is 0.348. The first-order chi connectivity index (χ1) is 14.5. The van der Waals surface area contributed by atoms with Crippen molar-refractivity contribution in [2.24, 2.45) is 5.16 Å². The Hall–Kier alpha value is -3.35. The summed E-state index contributed by atoms with van der Waals surface area (Å²) in [5.41, 5.74) is 2.98. The average molecular weight is 409 g/mol. The van der Waals surface area contributed by atoms with Crippen molar-refractivity contribution >= 4 is 6.21 Å². The van der Waals surface area contributed by atoms with Crippen LogP contribution in [0.5, 0.6) is 11.5 Å². The van der Waals surface area contributed by atoms with Crippen molar-refractivity contribution in [3.05, 3.63) is 59.5 Å². The van der Waals surface area contributed by atoms with Gasteiger partial charge in [0.25, 0.3) is 5.89 Å². The van der Waals surface area contributed by atoms with Gasteiger partial charge < -0.3 is 18.8 Å². The molecule has 0 bridgehead atoms. The van der Waals surface area contributed by atoms with Gasteiger partial charge in [-0.1, -0.05) is 48.4 Å². The van der Waals surface area contributed by atoms with E-state index in [9.17, 15) is 0 Å². The minimum Gasteiger partial charge on any atom is -0.493 e. The van der Waals surface area contributed by atoms with Gasteiger partial charge in [-0.2, -0.15) is 4.98 Å². The van der Waals surface area contributed by atoms with E-state index in [0.29, 0.717) is 29.1 Å². The van der Waals surface area contributed by atoms with E-state index in [-0.39, 0.29) is 12.7 Å². The third-order valence-electron chi connectivity index (χ3n) is 4.32. The van der Waals surface area contributed by atoms with Gasteiger partial charge in [0.05, 0.1) is 19.4 Å². The Labute approximate surface area is 176 Å². The maximum absolute atomic E-state index is 5.70. The van der Waals surface area contributed by atoms with Gasteiger partial charge in [-0.3, -0.25) is 0 Å². The van der Waals surface area contributed by atoms with Crippen LogP contribution in [0.2, 0.25) is 0 Å². The van der Waals surface area contributed by atoms with Crippen LogP contribution in [0, 0.1) is 0 Å². The molecule has 158 valence electrons. The molecule has 3 rings (SSSR count). The second kappa shape index (κ2) is 9.91. The summed E-state index contributed by atoms with van der Waals surface area (Å²) >= 11 is 0. The Morgan fingerprint density at radius 3 is 2.47 bits per heavy atom. The minimum absolute atomic E-state index is 0.0641. The summed E-state index contributed by atoms with van der Waals surface area (Å²) < 4.78 is 16.3. The normalized spacial score (nSPS) is 11.4. The fourth-order valence-electron chi connectivity index (χ4n) is 2.75. The largest absolute Gasteiger partial charge is 0.493 e. The van der Waals surface area contributed by atoms with E-state index in [1.54, 1.807) is 13.3 Å². The Kier molecular flexibility index (Phi) is 7.06. The average Bonchev–Trinajstić information content (AvgIpc) is 3.20. The van der Waals surface area contributed by atoms with Crippen molar-refractivity contribution in [2.75, 3.05) is 7.11 Å². The number of aromatic nitrogens is 2. The van der Waals surface area contributed by atoms with Crippen molar-refractivity contribution in [2.45, 2.75) is 46.3 Å². The van der Waals surface area contributed by atoms with Gasteiger partial charge in [-0.05, 0) is 43.5 Å². The molecule has 3 aromatic rings. The topological polar surface area (TPSA) is 79.0 Å². The van der Waals surface area contributed by atoms with E-state index in [4.69, 9.17) is 18.8 Å². The van der Waals surface area contributed by atoms with Crippen molar-refractivity contribution in [1.82, 2.24) is 10.1 Å². The third kappa shape index (κ3) is 5.59. The van der Waals surface area contributed by atoms with Gasteiger partial charge in [-0.25, -0.2) is 0 Å². The first-order valence-corrected chi connectivity index (χ1v) is 9.89. The molecule has 0 unspecified atom stereocenters. The number of rotatable bonds is 9. The molecule has 0 saturated heterocycles. The lowest BCUT2D eigenvalue weighted by Gasteiger charge is -2.13. The third-order valence-corrected chi connectivity index (χ3v) is 4.32. The highest BCUT2D eigenvalue weighted by molar-refractivity contribution is 5.80. The summed E-state index contributed by atoms with van der Waals surface area (Å²) in [4.78, 5) is 9.65. The first-order valence-electron chi connectivity index (χ1n) is 9.89. The Morgan fingerprint density at radius 2 is 1.80 bits per heavy atom. The summed E-state index contributed by atoms with van der Waals surface area (Å²) in [6.45, 7) is 8.32. The molecule has 0 aliphatic heterocycles. The van der Waals surface area contributed by atoms with Crippen LogP contribution in [0.25, 0.3) is 11.4 Å². The van der Waals surface area contributed by atoms with Gasteiger partial charge >= 0.3 is 0 Å². The second-order valence-corrected chi connectivity index (χ2v) is 7.37. The van der Waals surface area contributed by atoms with E-state index < -0.39 is 0 Å². The highest BCUT2D eigenvalue weighted by atomic mass is 16.6. The van der Waals surface area contributed by atoms with Crippen molar-refractivity contribution in [3.63, 3.8) is 0 Å². The fourth-order valence-corrected chi connectivity index (χ4v) is 2.75. The maximum atomic E-state index is 5.70. The Bertz CT molecular complexity index is 978. The number of oxime groups is 1. The van der Waals surface area contributed by atoms with Gasteiger partial charge in [0.1, 0.15) is 0 Å². The van der Waals surface area contributed by atoms with Gasteiger partial charge in [-0.15, -0.1) is 0 Å². The van der Waals surface area contributed by atoms with Crippen LogP contribution in [0.15, 0.2) is 52.1 Å². The highest BCUT2D eigenvalue weighted by Gasteiger charge is 2.10. The smallest absolute Gasteiger partial charge is 0.267 e. The number of ether oxygens (including phenoxy) is 2.